The van der Waals surface area contributed by atoms with Crippen LogP contribution in [-0.4, -0.2) is 42.5 Å². The highest BCUT2D eigenvalue weighted by Gasteiger charge is 2.26. The predicted molar refractivity (Wildman–Crippen MR) is 73.8 cm³/mol. The van der Waals surface area contributed by atoms with Gasteiger partial charge >= 0.3 is 6.09 Å². The number of nitrogens with one attached hydrogen (secondary N) is 2. The summed E-state index contributed by atoms with van der Waals surface area (Å²) in [5.74, 6) is 0. The second kappa shape index (κ2) is 6.33. The fourth-order valence-electron chi connectivity index (χ4n) is 1.71. The highest BCUT2D eigenvalue weighted by molar-refractivity contribution is 7.80. The molecule has 0 spiro atoms. The van der Waals surface area contributed by atoms with Crippen LogP contribution in [-0.2, 0) is 9.47 Å². The average Bonchev–Trinajstić information content (AvgIpc) is 2.26. The third-order valence-corrected chi connectivity index (χ3v) is 3.00. The molecule has 1 fully saturated rings. The zero-order chi connectivity index (χ0) is 13.8. The first-order valence-corrected chi connectivity index (χ1v) is 6.55. The van der Waals surface area contributed by atoms with Gasteiger partial charge < -0.3 is 20.1 Å². The Kier molecular flexibility index (Phi) is 5.34. The molecule has 1 amide bonds. The van der Waals surface area contributed by atoms with Gasteiger partial charge in [0.15, 0.2) is 0 Å². The van der Waals surface area contributed by atoms with Gasteiger partial charge in [-0.1, -0.05) is 12.2 Å². The van der Waals surface area contributed by atoms with E-state index in [0.29, 0.717) is 11.6 Å². The van der Waals surface area contributed by atoms with Gasteiger partial charge in [0.05, 0.1) is 12.6 Å². The molecule has 1 saturated heterocycles. The zero-order valence-electron chi connectivity index (χ0n) is 11.4. The maximum atomic E-state index is 11.6. The molecule has 1 rings (SSSR count). The number of hydrogen-bond acceptors (Lipinski definition) is 4. The third kappa shape index (κ3) is 5.18. The Morgan fingerprint density at radius 3 is 2.50 bits per heavy atom. The van der Waals surface area contributed by atoms with Crippen molar-refractivity contribution in [3.05, 3.63) is 0 Å². The summed E-state index contributed by atoms with van der Waals surface area (Å²) in [5.41, 5.74) is -0.476. The van der Waals surface area contributed by atoms with Gasteiger partial charge in [-0.15, -0.1) is 0 Å². The van der Waals surface area contributed by atoms with Gasteiger partial charge in [-0.3, -0.25) is 0 Å². The summed E-state index contributed by atoms with van der Waals surface area (Å²) in [7, 11) is 1.79. The molecule has 2 atom stereocenters. The van der Waals surface area contributed by atoms with Gasteiger partial charge in [0.1, 0.15) is 16.7 Å². The lowest BCUT2D eigenvalue weighted by Gasteiger charge is -2.30. The Morgan fingerprint density at radius 2 is 2.06 bits per heavy atom. The fourth-order valence-corrected chi connectivity index (χ4v) is 1.89. The number of carbonyl (C=O) groups excluding carboxylic acids is 1. The van der Waals surface area contributed by atoms with Crippen molar-refractivity contribution >= 4 is 23.3 Å². The van der Waals surface area contributed by atoms with Crippen molar-refractivity contribution in [1.82, 2.24) is 10.6 Å². The number of likely N-dealkylation sites (N-methyl/N-ethyl adjacent to an activating group) is 1. The van der Waals surface area contributed by atoms with E-state index in [-0.39, 0.29) is 12.1 Å². The number of ether oxygens (including phenoxy) is 2. The number of hydrogen-bond donors (Lipinski definition) is 2. The Morgan fingerprint density at radius 1 is 1.39 bits per heavy atom. The highest BCUT2D eigenvalue weighted by Crippen LogP contribution is 2.15. The number of carbonyl (C=O) groups is 1. The van der Waals surface area contributed by atoms with Crippen LogP contribution in [0.5, 0.6) is 0 Å². The number of thiocarbonyl (C=S) groups is 1. The van der Waals surface area contributed by atoms with Crippen molar-refractivity contribution in [3.8, 4) is 0 Å². The van der Waals surface area contributed by atoms with Gasteiger partial charge in [0, 0.05) is 7.05 Å². The zero-order valence-corrected chi connectivity index (χ0v) is 12.2. The molecular weight excluding hydrogens is 252 g/mol. The standard InChI is InChI=1S/C12H22N2O3S/c1-12(2,3)17-11(15)14-8-5-6-9(16-7-8)10(18)13-4/h8-9H,5-7H2,1-4H3,(H,13,18)(H,14,15)/t8?,9-/m0/s1. The molecule has 2 N–H and O–H groups in total. The van der Waals surface area contributed by atoms with E-state index in [1.54, 1.807) is 7.05 Å². The summed E-state index contributed by atoms with van der Waals surface area (Å²) in [6.45, 7) is 5.98. The molecule has 6 heteroatoms. The van der Waals surface area contributed by atoms with E-state index >= 15 is 0 Å². The van der Waals surface area contributed by atoms with Crippen LogP contribution in [0.1, 0.15) is 33.6 Å². The summed E-state index contributed by atoms with van der Waals surface area (Å²) in [6.07, 6.45) is 1.21. The van der Waals surface area contributed by atoms with Gasteiger partial charge in [0.2, 0.25) is 0 Å². The minimum absolute atomic E-state index is 0.00393. The molecule has 1 unspecified atom stereocenters. The summed E-state index contributed by atoms with van der Waals surface area (Å²) >= 11 is 5.13. The molecule has 1 aliphatic heterocycles. The van der Waals surface area contributed by atoms with E-state index in [0.717, 1.165) is 12.8 Å². The minimum Gasteiger partial charge on any atom is -0.444 e. The molecule has 104 valence electrons. The van der Waals surface area contributed by atoms with E-state index in [4.69, 9.17) is 21.7 Å². The quantitative estimate of drug-likeness (QED) is 0.749. The Balaban J connectivity index is 2.31. The maximum Gasteiger partial charge on any atom is 0.407 e. The largest absolute Gasteiger partial charge is 0.444 e. The minimum atomic E-state index is -0.476. The number of amides is 1. The van der Waals surface area contributed by atoms with Crippen LogP contribution in [0.3, 0.4) is 0 Å². The smallest absolute Gasteiger partial charge is 0.407 e. The van der Waals surface area contributed by atoms with Crippen molar-refractivity contribution in [2.24, 2.45) is 0 Å². The molecule has 0 aromatic carbocycles. The van der Waals surface area contributed by atoms with Crippen LogP contribution < -0.4 is 10.6 Å². The van der Waals surface area contributed by atoms with Crippen LogP contribution >= 0.6 is 12.2 Å². The lowest BCUT2D eigenvalue weighted by Crippen LogP contribution is -2.47. The summed E-state index contributed by atoms with van der Waals surface area (Å²) < 4.78 is 10.8. The van der Waals surface area contributed by atoms with Crippen LogP contribution in [0, 0.1) is 0 Å². The van der Waals surface area contributed by atoms with Crippen LogP contribution in [0.25, 0.3) is 0 Å². The van der Waals surface area contributed by atoms with Crippen LogP contribution in [0.15, 0.2) is 0 Å². The van der Waals surface area contributed by atoms with E-state index in [9.17, 15) is 4.79 Å². The summed E-state index contributed by atoms with van der Waals surface area (Å²) in [4.78, 5) is 12.3. The second-order valence-electron chi connectivity index (χ2n) is 5.36. The Labute approximate surface area is 114 Å². The molecule has 0 aliphatic carbocycles. The topological polar surface area (TPSA) is 59.6 Å². The highest BCUT2D eigenvalue weighted by atomic mass is 32.1. The molecular formula is C12H22N2O3S. The first-order valence-electron chi connectivity index (χ1n) is 6.14. The molecule has 0 bridgehead atoms. The molecule has 0 radical (unpaired) electrons. The summed E-state index contributed by atoms with van der Waals surface area (Å²) in [6, 6.07) is -0.00393. The van der Waals surface area contributed by atoms with Crippen molar-refractivity contribution < 1.29 is 14.3 Å². The van der Waals surface area contributed by atoms with E-state index in [2.05, 4.69) is 10.6 Å². The maximum absolute atomic E-state index is 11.6. The van der Waals surface area contributed by atoms with Gasteiger partial charge in [0.25, 0.3) is 0 Å². The normalized spacial score (nSPS) is 24.2. The fraction of sp³-hybridized carbons (Fsp3) is 0.833. The van der Waals surface area contributed by atoms with Crippen molar-refractivity contribution in [1.29, 1.82) is 0 Å². The molecule has 1 aliphatic rings. The monoisotopic (exact) mass is 274 g/mol. The lowest BCUT2D eigenvalue weighted by molar-refractivity contribution is 0.0202. The van der Waals surface area contributed by atoms with Crippen molar-refractivity contribution in [2.75, 3.05) is 13.7 Å². The summed E-state index contributed by atoms with van der Waals surface area (Å²) in [5, 5.41) is 5.72. The van der Waals surface area contributed by atoms with Crippen molar-refractivity contribution in [2.45, 2.75) is 51.4 Å². The average molecular weight is 274 g/mol. The first-order chi connectivity index (χ1) is 8.31. The van der Waals surface area contributed by atoms with Gasteiger partial charge in [-0.05, 0) is 33.6 Å². The molecule has 1 heterocycles. The first kappa shape index (κ1) is 15.2. The lowest BCUT2D eigenvalue weighted by atomic mass is 10.1. The van der Waals surface area contributed by atoms with Crippen molar-refractivity contribution in [3.63, 3.8) is 0 Å². The van der Waals surface area contributed by atoms with Crippen LogP contribution in [0.4, 0.5) is 4.79 Å². The molecule has 5 nitrogen and oxygen atoms in total. The Bertz CT molecular complexity index is 307. The van der Waals surface area contributed by atoms with Gasteiger partial charge in [-0.25, -0.2) is 4.79 Å². The van der Waals surface area contributed by atoms with E-state index in [1.807, 2.05) is 20.8 Å². The van der Waals surface area contributed by atoms with E-state index in [1.165, 1.54) is 0 Å². The molecule has 0 saturated carbocycles. The SMILES string of the molecule is CNC(=S)[C@@H]1CCC(NC(=O)OC(C)(C)C)CO1. The molecule has 18 heavy (non-hydrogen) atoms. The van der Waals surface area contributed by atoms with Crippen LogP contribution in [0.2, 0.25) is 0 Å². The number of rotatable bonds is 2. The predicted octanol–water partition coefficient (Wildman–Crippen LogP) is 1.61. The van der Waals surface area contributed by atoms with Gasteiger partial charge in [-0.2, -0.15) is 0 Å². The Hall–Kier alpha value is -0.880. The molecule has 0 aromatic heterocycles. The van der Waals surface area contributed by atoms with E-state index < -0.39 is 11.7 Å². The molecule has 0 aromatic rings. The number of alkyl carbamates (subject to hydrolysis) is 1. The second-order valence-corrected chi connectivity index (χ2v) is 5.80. The third-order valence-electron chi connectivity index (χ3n) is 2.54.